The van der Waals surface area contributed by atoms with Gasteiger partial charge in [0.25, 0.3) is 0 Å². The Kier molecular flexibility index (Phi) is 4.30. The fourth-order valence-corrected chi connectivity index (χ4v) is 2.37. The van der Waals surface area contributed by atoms with Crippen molar-refractivity contribution in [2.45, 2.75) is 38.1 Å². The van der Waals surface area contributed by atoms with Crippen molar-refractivity contribution < 1.29 is 4.79 Å². The molecular formula is C14H17N3O. The van der Waals surface area contributed by atoms with E-state index in [0.29, 0.717) is 0 Å². The molecule has 0 spiro atoms. The molecule has 1 unspecified atom stereocenters. The van der Waals surface area contributed by atoms with Gasteiger partial charge in [0.05, 0.1) is 6.07 Å². The average Bonchev–Trinajstić information content (AvgIpc) is 2.46. The number of hydrogen-bond acceptors (Lipinski definition) is 3. The van der Waals surface area contributed by atoms with Crippen molar-refractivity contribution in [2.75, 3.05) is 0 Å². The molecule has 1 amide bonds. The molecule has 1 aromatic heterocycles. The van der Waals surface area contributed by atoms with Crippen LogP contribution in [0, 0.1) is 17.2 Å². The lowest BCUT2D eigenvalue weighted by molar-refractivity contribution is -0.126. The van der Waals surface area contributed by atoms with Gasteiger partial charge in [0, 0.05) is 18.3 Å². The Labute approximate surface area is 107 Å². The molecule has 0 bridgehead atoms. The monoisotopic (exact) mass is 243 g/mol. The fraction of sp³-hybridized carbons (Fsp3) is 0.500. The van der Waals surface area contributed by atoms with E-state index >= 15 is 0 Å². The third-order valence-electron chi connectivity index (χ3n) is 3.43. The lowest BCUT2D eigenvalue weighted by atomic mass is 9.88. The Balaban J connectivity index is 1.98. The lowest BCUT2D eigenvalue weighted by Crippen LogP contribution is -2.34. The molecule has 1 aromatic rings. The van der Waals surface area contributed by atoms with E-state index < -0.39 is 6.04 Å². The minimum absolute atomic E-state index is 0.0121. The number of nitriles is 1. The van der Waals surface area contributed by atoms with Crippen LogP contribution < -0.4 is 5.32 Å². The molecule has 18 heavy (non-hydrogen) atoms. The van der Waals surface area contributed by atoms with Crippen LogP contribution >= 0.6 is 0 Å². The van der Waals surface area contributed by atoms with Gasteiger partial charge in [-0.15, -0.1) is 0 Å². The van der Waals surface area contributed by atoms with Gasteiger partial charge in [-0.05, 0) is 30.5 Å². The van der Waals surface area contributed by atoms with Crippen LogP contribution in [-0.2, 0) is 4.79 Å². The highest BCUT2D eigenvalue weighted by Gasteiger charge is 2.23. The van der Waals surface area contributed by atoms with Crippen LogP contribution in [0.3, 0.4) is 0 Å². The lowest BCUT2D eigenvalue weighted by Gasteiger charge is -2.22. The predicted molar refractivity (Wildman–Crippen MR) is 67.3 cm³/mol. The second-order valence-electron chi connectivity index (χ2n) is 4.69. The molecule has 94 valence electrons. The Morgan fingerprint density at radius 1 is 1.33 bits per heavy atom. The van der Waals surface area contributed by atoms with Gasteiger partial charge in [0.2, 0.25) is 5.91 Å². The van der Waals surface area contributed by atoms with Crippen LogP contribution in [0.4, 0.5) is 0 Å². The minimum atomic E-state index is -0.567. The SMILES string of the molecule is N#CC(NC(=O)C1CCCCC1)c1ccncc1. The van der Waals surface area contributed by atoms with Gasteiger partial charge in [-0.25, -0.2) is 0 Å². The van der Waals surface area contributed by atoms with Crippen LogP contribution in [0.1, 0.15) is 43.7 Å². The molecule has 0 saturated heterocycles. The van der Waals surface area contributed by atoms with Gasteiger partial charge in [0.15, 0.2) is 0 Å². The second-order valence-corrected chi connectivity index (χ2v) is 4.69. The molecule has 1 N–H and O–H groups in total. The van der Waals surface area contributed by atoms with E-state index in [4.69, 9.17) is 5.26 Å². The van der Waals surface area contributed by atoms with Crippen molar-refractivity contribution in [3.63, 3.8) is 0 Å². The maximum absolute atomic E-state index is 12.1. The van der Waals surface area contributed by atoms with E-state index in [2.05, 4.69) is 16.4 Å². The summed E-state index contributed by atoms with van der Waals surface area (Å²) < 4.78 is 0. The van der Waals surface area contributed by atoms with E-state index in [9.17, 15) is 4.79 Å². The molecule has 0 radical (unpaired) electrons. The quantitative estimate of drug-likeness (QED) is 0.886. The van der Waals surface area contributed by atoms with Crippen molar-refractivity contribution in [3.8, 4) is 6.07 Å². The summed E-state index contributed by atoms with van der Waals surface area (Å²) in [5.74, 6) is 0.0921. The first kappa shape index (κ1) is 12.6. The zero-order chi connectivity index (χ0) is 12.8. The van der Waals surface area contributed by atoms with E-state index in [1.54, 1.807) is 24.5 Å². The first-order valence-corrected chi connectivity index (χ1v) is 6.41. The summed E-state index contributed by atoms with van der Waals surface area (Å²) >= 11 is 0. The summed E-state index contributed by atoms with van der Waals surface area (Å²) in [6.45, 7) is 0. The van der Waals surface area contributed by atoms with E-state index in [-0.39, 0.29) is 11.8 Å². The molecule has 1 atom stereocenters. The van der Waals surface area contributed by atoms with E-state index in [0.717, 1.165) is 31.2 Å². The van der Waals surface area contributed by atoms with Crippen molar-refractivity contribution in [1.29, 1.82) is 5.26 Å². The van der Waals surface area contributed by atoms with Gasteiger partial charge in [-0.2, -0.15) is 5.26 Å². The van der Waals surface area contributed by atoms with Crippen molar-refractivity contribution >= 4 is 5.91 Å². The normalized spacial score (nSPS) is 17.7. The highest BCUT2D eigenvalue weighted by Crippen LogP contribution is 2.24. The van der Waals surface area contributed by atoms with Crippen molar-refractivity contribution in [2.24, 2.45) is 5.92 Å². The zero-order valence-electron chi connectivity index (χ0n) is 10.3. The predicted octanol–water partition coefficient (Wildman–Crippen LogP) is 2.34. The minimum Gasteiger partial charge on any atom is -0.336 e. The first-order chi connectivity index (χ1) is 8.81. The van der Waals surface area contributed by atoms with Crippen molar-refractivity contribution in [1.82, 2.24) is 10.3 Å². The molecule has 4 nitrogen and oxygen atoms in total. The molecule has 1 aliphatic rings. The average molecular weight is 243 g/mol. The van der Waals surface area contributed by atoms with Gasteiger partial charge in [-0.1, -0.05) is 19.3 Å². The third-order valence-corrected chi connectivity index (χ3v) is 3.43. The third kappa shape index (κ3) is 3.07. The zero-order valence-corrected chi connectivity index (χ0v) is 10.3. The number of nitrogens with zero attached hydrogens (tertiary/aromatic N) is 2. The standard InChI is InChI=1S/C14H17N3O/c15-10-13(11-6-8-16-9-7-11)17-14(18)12-4-2-1-3-5-12/h6-9,12-13H,1-5H2,(H,17,18). The summed E-state index contributed by atoms with van der Waals surface area (Å²) in [7, 11) is 0. The van der Waals surface area contributed by atoms with Crippen LogP contribution in [0.2, 0.25) is 0 Å². The number of rotatable bonds is 3. The smallest absolute Gasteiger partial charge is 0.224 e. The Morgan fingerprint density at radius 3 is 2.61 bits per heavy atom. The number of carbonyl (C=O) groups is 1. The number of pyridine rings is 1. The number of nitrogens with one attached hydrogen (secondary N) is 1. The molecule has 1 fully saturated rings. The highest BCUT2D eigenvalue weighted by atomic mass is 16.1. The maximum Gasteiger partial charge on any atom is 0.224 e. The summed E-state index contributed by atoms with van der Waals surface area (Å²) in [5.41, 5.74) is 0.789. The van der Waals surface area contributed by atoms with Gasteiger partial charge >= 0.3 is 0 Å². The molecule has 0 aromatic carbocycles. The molecule has 1 aliphatic carbocycles. The van der Waals surface area contributed by atoms with Gasteiger partial charge in [-0.3, -0.25) is 9.78 Å². The van der Waals surface area contributed by atoms with Crippen LogP contribution in [-0.4, -0.2) is 10.9 Å². The topological polar surface area (TPSA) is 65.8 Å². The fourth-order valence-electron chi connectivity index (χ4n) is 2.37. The van der Waals surface area contributed by atoms with E-state index in [1.807, 2.05) is 0 Å². The summed E-state index contributed by atoms with van der Waals surface area (Å²) in [4.78, 5) is 16.0. The molecular weight excluding hydrogens is 226 g/mol. The molecule has 1 saturated carbocycles. The first-order valence-electron chi connectivity index (χ1n) is 6.41. The summed E-state index contributed by atoms with van der Waals surface area (Å²) in [6.07, 6.45) is 8.60. The van der Waals surface area contributed by atoms with Gasteiger partial charge < -0.3 is 5.32 Å². The maximum atomic E-state index is 12.1. The second kappa shape index (κ2) is 6.15. The molecule has 4 heteroatoms. The van der Waals surface area contributed by atoms with Crippen LogP contribution in [0.25, 0.3) is 0 Å². The number of aromatic nitrogens is 1. The number of carbonyl (C=O) groups excluding carboxylic acids is 1. The Hall–Kier alpha value is -1.89. The molecule has 0 aliphatic heterocycles. The summed E-state index contributed by atoms with van der Waals surface area (Å²) in [5, 5.41) is 12.0. The Morgan fingerprint density at radius 2 is 2.00 bits per heavy atom. The Bertz CT molecular complexity index is 432. The van der Waals surface area contributed by atoms with E-state index in [1.165, 1.54) is 6.42 Å². The largest absolute Gasteiger partial charge is 0.336 e. The van der Waals surface area contributed by atoms with Crippen LogP contribution in [0.5, 0.6) is 0 Å². The molecule has 1 heterocycles. The summed E-state index contributed by atoms with van der Waals surface area (Å²) in [6, 6.07) is 5.08. The van der Waals surface area contributed by atoms with Crippen molar-refractivity contribution in [3.05, 3.63) is 30.1 Å². The highest BCUT2D eigenvalue weighted by molar-refractivity contribution is 5.79. The molecule has 2 rings (SSSR count). The van der Waals surface area contributed by atoms with Gasteiger partial charge in [0.1, 0.15) is 6.04 Å². The number of amides is 1. The van der Waals surface area contributed by atoms with Crippen LogP contribution in [0.15, 0.2) is 24.5 Å². The number of hydrogen-bond donors (Lipinski definition) is 1.